The molecule has 4 aliphatic rings. The third-order valence-corrected chi connectivity index (χ3v) is 4.40. The van der Waals surface area contributed by atoms with Crippen LogP contribution >= 0.6 is 0 Å². The Morgan fingerprint density at radius 3 is 2.50 bits per heavy atom. The molecule has 5 nitrogen and oxygen atoms in total. The second-order valence-electron chi connectivity index (χ2n) is 5.44. The van der Waals surface area contributed by atoms with Crippen LogP contribution in [0.1, 0.15) is 32.1 Å². The third-order valence-electron chi connectivity index (χ3n) is 4.40. The Morgan fingerprint density at radius 2 is 2.00 bits per heavy atom. The number of carbonyl (C=O) groups excluding carboxylic acids is 1. The highest BCUT2D eigenvalue weighted by molar-refractivity contribution is 5.97. The lowest BCUT2D eigenvalue weighted by Crippen LogP contribution is -2.60. The van der Waals surface area contributed by atoms with Crippen LogP contribution in [0.5, 0.6) is 0 Å². The van der Waals surface area contributed by atoms with Crippen molar-refractivity contribution in [2.45, 2.75) is 37.7 Å². The lowest BCUT2D eigenvalue weighted by Gasteiger charge is -2.55. The highest BCUT2D eigenvalue weighted by Crippen LogP contribution is 2.55. The normalized spacial score (nSPS) is 47.2. The molecule has 2 unspecified atom stereocenters. The summed E-state index contributed by atoms with van der Waals surface area (Å²) in [6, 6.07) is 0. The molecule has 0 heterocycles. The second-order valence-corrected chi connectivity index (χ2v) is 5.44. The molecule has 0 spiro atoms. The first kappa shape index (κ1) is 9.93. The van der Waals surface area contributed by atoms with E-state index in [-0.39, 0.29) is 5.92 Å². The molecular formula is C11H16N2O3. The molecule has 4 rings (SSSR count). The molecule has 0 aromatic heterocycles. The van der Waals surface area contributed by atoms with Gasteiger partial charge < -0.3 is 15.7 Å². The Bertz CT molecular complexity index is 352. The molecule has 4 saturated carbocycles. The van der Waals surface area contributed by atoms with Gasteiger partial charge in [0.15, 0.2) is 5.60 Å². The van der Waals surface area contributed by atoms with Gasteiger partial charge in [0.1, 0.15) is 5.71 Å². The minimum atomic E-state index is -0.761. The minimum Gasteiger partial charge on any atom is -0.437 e. The molecule has 16 heavy (non-hydrogen) atoms. The summed E-state index contributed by atoms with van der Waals surface area (Å²) in [5, 5.41) is 12.5. The summed E-state index contributed by atoms with van der Waals surface area (Å²) in [6.07, 6.45) is 4.16. The van der Waals surface area contributed by atoms with Crippen LogP contribution < -0.4 is 5.73 Å². The van der Waals surface area contributed by atoms with Crippen LogP contribution in [0, 0.1) is 17.8 Å². The zero-order valence-electron chi connectivity index (χ0n) is 9.06. The number of hydrogen-bond donors (Lipinski definition) is 2. The molecule has 0 aromatic rings. The number of oxime groups is 1. The molecule has 0 aromatic carbocycles. The molecule has 4 fully saturated rings. The lowest BCUT2D eigenvalue weighted by atomic mass is 9.53. The fourth-order valence-corrected chi connectivity index (χ4v) is 4.22. The maximum absolute atomic E-state index is 11.0. The van der Waals surface area contributed by atoms with E-state index in [2.05, 4.69) is 5.16 Å². The fraction of sp³-hybridized carbons (Fsp3) is 0.818. The molecule has 4 aliphatic carbocycles. The summed E-state index contributed by atoms with van der Waals surface area (Å²) in [4.78, 5) is 11.0. The van der Waals surface area contributed by atoms with Gasteiger partial charge in [0, 0.05) is 5.92 Å². The zero-order valence-corrected chi connectivity index (χ0v) is 9.06. The SMILES string of the molecule is NC(=O)OC12CC3CC(CC(C3)/C1=N\O)C2. The van der Waals surface area contributed by atoms with E-state index < -0.39 is 11.7 Å². The van der Waals surface area contributed by atoms with Gasteiger partial charge in [-0.05, 0) is 43.9 Å². The van der Waals surface area contributed by atoms with Gasteiger partial charge in [-0.1, -0.05) is 5.16 Å². The number of nitrogens with zero attached hydrogens (tertiary/aromatic N) is 1. The van der Waals surface area contributed by atoms with Crippen LogP contribution in [0.2, 0.25) is 0 Å². The molecular weight excluding hydrogens is 208 g/mol. The van der Waals surface area contributed by atoms with Gasteiger partial charge in [0.25, 0.3) is 0 Å². The van der Waals surface area contributed by atoms with Crippen molar-refractivity contribution in [3.8, 4) is 0 Å². The molecule has 2 atom stereocenters. The highest BCUT2D eigenvalue weighted by Gasteiger charge is 2.58. The smallest absolute Gasteiger partial charge is 0.405 e. The van der Waals surface area contributed by atoms with Gasteiger partial charge in [-0.3, -0.25) is 0 Å². The fourth-order valence-electron chi connectivity index (χ4n) is 4.22. The van der Waals surface area contributed by atoms with E-state index in [1.807, 2.05) is 0 Å². The first-order chi connectivity index (χ1) is 7.63. The van der Waals surface area contributed by atoms with Crippen molar-refractivity contribution in [3.05, 3.63) is 0 Å². The van der Waals surface area contributed by atoms with Gasteiger partial charge >= 0.3 is 6.09 Å². The summed E-state index contributed by atoms with van der Waals surface area (Å²) in [6.45, 7) is 0. The summed E-state index contributed by atoms with van der Waals surface area (Å²) in [5.41, 5.74) is 5.10. The van der Waals surface area contributed by atoms with Crippen molar-refractivity contribution in [1.29, 1.82) is 0 Å². The first-order valence-corrected chi connectivity index (χ1v) is 5.84. The standard InChI is InChI=1S/C11H16N2O3/c12-10(14)16-11-4-6-1-7(5-11)3-8(2-6)9(11)13-15/h6-8,15H,1-5H2,(H2,12,14)/b13-9+. The van der Waals surface area contributed by atoms with E-state index in [9.17, 15) is 4.79 Å². The largest absolute Gasteiger partial charge is 0.437 e. The van der Waals surface area contributed by atoms with Gasteiger partial charge in [0.2, 0.25) is 0 Å². The van der Waals surface area contributed by atoms with Crippen LogP contribution in [-0.4, -0.2) is 22.6 Å². The number of amides is 1. The summed E-state index contributed by atoms with van der Waals surface area (Å²) in [7, 11) is 0. The third kappa shape index (κ3) is 1.23. The summed E-state index contributed by atoms with van der Waals surface area (Å²) in [5.74, 6) is 1.49. The number of rotatable bonds is 1. The van der Waals surface area contributed by atoms with Crippen molar-refractivity contribution in [2.75, 3.05) is 0 Å². The quantitative estimate of drug-likeness (QED) is 0.522. The van der Waals surface area contributed by atoms with Crippen LogP contribution in [0.3, 0.4) is 0 Å². The topological polar surface area (TPSA) is 84.9 Å². The number of hydrogen-bond acceptors (Lipinski definition) is 4. The Morgan fingerprint density at radius 1 is 1.38 bits per heavy atom. The molecule has 4 bridgehead atoms. The van der Waals surface area contributed by atoms with E-state index in [0.717, 1.165) is 25.7 Å². The average Bonchev–Trinajstić information content (AvgIpc) is 2.13. The summed E-state index contributed by atoms with van der Waals surface area (Å²) >= 11 is 0. The molecule has 1 amide bonds. The molecule has 0 radical (unpaired) electrons. The van der Waals surface area contributed by atoms with E-state index in [0.29, 0.717) is 17.5 Å². The van der Waals surface area contributed by atoms with Gasteiger partial charge in [-0.25, -0.2) is 4.79 Å². The van der Waals surface area contributed by atoms with E-state index in [1.165, 1.54) is 6.42 Å². The Kier molecular flexibility index (Phi) is 1.94. The maximum Gasteiger partial charge on any atom is 0.405 e. The molecule has 88 valence electrons. The minimum absolute atomic E-state index is 0.288. The average molecular weight is 224 g/mol. The lowest BCUT2D eigenvalue weighted by molar-refractivity contribution is -0.0466. The van der Waals surface area contributed by atoms with Crippen LogP contribution in [0.25, 0.3) is 0 Å². The van der Waals surface area contributed by atoms with Crippen molar-refractivity contribution in [3.63, 3.8) is 0 Å². The van der Waals surface area contributed by atoms with E-state index in [4.69, 9.17) is 15.7 Å². The Balaban J connectivity index is 1.98. The summed E-state index contributed by atoms with van der Waals surface area (Å²) < 4.78 is 5.30. The van der Waals surface area contributed by atoms with Crippen molar-refractivity contribution in [2.24, 2.45) is 28.6 Å². The molecule has 3 N–H and O–H groups in total. The highest BCUT2D eigenvalue weighted by atomic mass is 16.6. The van der Waals surface area contributed by atoms with E-state index in [1.54, 1.807) is 0 Å². The van der Waals surface area contributed by atoms with Crippen molar-refractivity contribution in [1.82, 2.24) is 0 Å². The monoisotopic (exact) mass is 224 g/mol. The van der Waals surface area contributed by atoms with Crippen LogP contribution in [-0.2, 0) is 4.74 Å². The number of nitrogens with two attached hydrogens (primary N) is 1. The number of ether oxygens (including phenoxy) is 1. The molecule has 0 saturated heterocycles. The predicted octanol–water partition coefficient (Wildman–Crippen LogP) is 1.49. The predicted molar refractivity (Wildman–Crippen MR) is 56.2 cm³/mol. The molecule has 5 heteroatoms. The Labute approximate surface area is 93.6 Å². The van der Waals surface area contributed by atoms with Crippen molar-refractivity contribution >= 4 is 11.8 Å². The second kappa shape index (κ2) is 3.12. The van der Waals surface area contributed by atoms with E-state index >= 15 is 0 Å². The Hall–Kier alpha value is -1.26. The van der Waals surface area contributed by atoms with Crippen molar-refractivity contribution < 1.29 is 14.7 Å². The zero-order chi connectivity index (χ0) is 11.3. The maximum atomic E-state index is 11.0. The van der Waals surface area contributed by atoms with Crippen LogP contribution in [0.15, 0.2) is 5.16 Å². The number of primary amides is 1. The van der Waals surface area contributed by atoms with Gasteiger partial charge in [-0.2, -0.15) is 0 Å². The first-order valence-electron chi connectivity index (χ1n) is 5.84. The molecule has 0 aliphatic heterocycles. The van der Waals surface area contributed by atoms with Crippen LogP contribution in [0.4, 0.5) is 4.79 Å². The number of carbonyl (C=O) groups is 1. The van der Waals surface area contributed by atoms with Gasteiger partial charge in [-0.15, -0.1) is 0 Å². The van der Waals surface area contributed by atoms with Gasteiger partial charge in [0.05, 0.1) is 0 Å².